The first kappa shape index (κ1) is 21.9. The normalized spacial score (nSPS) is 23.2. The van der Waals surface area contributed by atoms with Crippen molar-refractivity contribution >= 4 is 11.8 Å². The number of ether oxygens (including phenoxy) is 1. The van der Waals surface area contributed by atoms with Crippen molar-refractivity contribution in [3.8, 4) is 0 Å². The lowest BCUT2D eigenvalue weighted by atomic mass is 10.0. The average Bonchev–Trinajstić information content (AvgIpc) is 3.00. The van der Waals surface area contributed by atoms with Gasteiger partial charge in [-0.2, -0.15) is 0 Å². The SMILES string of the molecule is CN(Cc1ccccc1)C(=O)C[C@@H]1O[C@H](CNC(=O)c2cccc(F)c2)[C@@H](O)[C@H]1O. The molecule has 0 aromatic heterocycles. The van der Waals surface area contributed by atoms with E-state index in [1.165, 1.54) is 23.1 Å². The zero-order valence-electron chi connectivity index (χ0n) is 16.6. The highest BCUT2D eigenvalue weighted by Crippen LogP contribution is 2.24. The Labute approximate surface area is 174 Å². The third kappa shape index (κ3) is 5.41. The van der Waals surface area contributed by atoms with Crippen molar-refractivity contribution in [1.29, 1.82) is 0 Å². The molecule has 2 aromatic rings. The molecular formula is C22H25FN2O5. The van der Waals surface area contributed by atoms with Crippen LogP contribution >= 0.6 is 0 Å². The van der Waals surface area contributed by atoms with Gasteiger partial charge in [0.05, 0.1) is 12.5 Å². The Morgan fingerprint density at radius 2 is 1.77 bits per heavy atom. The van der Waals surface area contributed by atoms with Crippen LogP contribution in [0.4, 0.5) is 4.39 Å². The minimum absolute atomic E-state index is 0.0852. The standard InChI is InChI=1S/C22H25FN2O5/c1-25(13-14-6-3-2-4-7-14)19(26)11-17-20(27)21(28)18(30-17)12-24-22(29)15-8-5-9-16(23)10-15/h2-10,17-18,20-21,27-28H,11-13H2,1H3,(H,24,29)/t17-,18+,20-,21+/m0/s1. The molecule has 1 aliphatic rings. The molecule has 4 atom stereocenters. The number of carbonyl (C=O) groups is 2. The molecule has 0 spiro atoms. The Kier molecular flexibility index (Phi) is 7.15. The van der Waals surface area contributed by atoms with Gasteiger partial charge in [0.1, 0.15) is 24.1 Å². The van der Waals surface area contributed by atoms with Crippen molar-refractivity contribution in [2.45, 2.75) is 37.4 Å². The molecule has 1 fully saturated rings. The quantitative estimate of drug-likeness (QED) is 0.628. The van der Waals surface area contributed by atoms with E-state index < -0.39 is 36.1 Å². The van der Waals surface area contributed by atoms with Gasteiger partial charge in [0.25, 0.3) is 5.91 Å². The van der Waals surface area contributed by atoms with E-state index in [4.69, 9.17) is 4.74 Å². The second-order valence-electron chi connectivity index (χ2n) is 7.35. The molecule has 0 unspecified atom stereocenters. The third-order valence-electron chi connectivity index (χ3n) is 5.08. The van der Waals surface area contributed by atoms with Gasteiger partial charge >= 0.3 is 0 Å². The predicted molar refractivity (Wildman–Crippen MR) is 107 cm³/mol. The third-order valence-corrected chi connectivity index (χ3v) is 5.08. The van der Waals surface area contributed by atoms with Crippen molar-refractivity contribution in [3.05, 3.63) is 71.5 Å². The van der Waals surface area contributed by atoms with Crippen molar-refractivity contribution in [2.75, 3.05) is 13.6 Å². The average molecular weight is 416 g/mol. The molecule has 0 saturated carbocycles. The number of aliphatic hydroxyl groups excluding tert-OH is 2. The maximum absolute atomic E-state index is 13.2. The van der Waals surface area contributed by atoms with E-state index in [2.05, 4.69) is 5.32 Å². The molecule has 0 aliphatic carbocycles. The molecule has 160 valence electrons. The molecule has 0 radical (unpaired) electrons. The fourth-order valence-corrected chi connectivity index (χ4v) is 3.36. The number of nitrogens with one attached hydrogen (secondary N) is 1. The van der Waals surface area contributed by atoms with E-state index >= 15 is 0 Å². The lowest BCUT2D eigenvalue weighted by Crippen LogP contribution is -2.40. The Morgan fingerprint density at radius 3 is 2.47 bits per heavy atom. The van der Waals surface area contributed by atoms with Crippen LogP contribution < -0.4 is 5.32 Å². The van der Waals surface area contributed by atoms with Gasteiger partial charge in [-0.1, -0.05) is 36.4 Å². The first-order chi connectivity index (χ1) is 14.3. The smallest absolute Gasteiger partial charge is 0.251 e. The Morgan fingerprint density at radius 1 is 1.07 bits per heavy atom. The summed E-state index contributed by atoms with van der Waals surface area (Å²) in [6.45, 7) is 0.330. The molecule has 2 amide bonds. The van der Waals surface area contributed by atoms with Gasteiger partial charge in [0.2, 0.25) is 5.91 Å². The topological polar surface area (TPSA) is 99.1 Å². The van der Waals surface area contributed by atoms with Gasteiger partial charge in [0, 0.05) is 25.7 Å². The summed E-state index contributed by atoms with van der Waals surface area (Å²) in [4.78, 5) is 26.1. The molecule has 30 heavy (non-hydrogen) atoms. The molecule has 3 rings (SSSR count). The molecular weight excluding hydrogens is 391 g/mol. The molecule has 8 heteroatoms. The van der Waals surface area contributed by atoms with Crippen molar-refractivity contribution in [3.63, 3.8) is 0 Å². The largest absolute Gasteiger partial charge is 0.388 e. The van der Waals surface area contributed by atoms with Crippen LogP contribution in [0.25, 0.3) is 0 Å². The van der Waals surface area contributed by atoms with Crippen LogP contribution in [0.1, 0.15) is 22.3 Å². The van der Waals surface area contributed by atoms with Crippen LogP contribution in [0.3, 0.4) is 0 Å². The summed E-state index contributed by atoms with van der Waals surface area (Å²) in [5.74, 6) is -1.30. The monoisotopic (exact) mass is 416 g/mol. The molecule has 1 aliphatic heterocycles. The van der Waals surface area contributed by atoms with Crippen LogP contribution in [0.15, 0.2) is 54.6 Å². The second kappa shape index (κ2) is 9.80. The Hall–Kier alpha value is -2.81. The van der Waals surface area contributed by atoms with E-state index in [-0.39, 0.29) is 24.4 Å². The summed E-state index contributed by atoms with van der Waals surface area (Å²) in [6, 6.07) is 14.7. The lowest BCUT2D eigenvalue weighted by Gasteiger charge is -2.21. The van der Waals surface area contributed by atoms with Gasteiger partial charge in [0.15, 0.2) is 0 Å². The highest BCUT2D eigenvalue weighted by Gasteiger charge is 2.43. The van der Waals surface area contributed by atoms with Gasteiger partial charge in [-0.05, 0) is 23.8 Å². The van der Waals surface area contributed by atoms with Crippen LogP contribution in [0, 0.1) is 5.82 Å². The predicted octanol–water partition coefficient (Wildman–Crippen LogP) is 1.09. The second-order valence-corrected chi connectivity index (χ2v) is 7.35. The maximum Gasteiger partial charge on any atom is 0.251 e. The molecule has 2 aromatic carbocycles. The van der Waals surface area contributed by atoms with Crippen LogP contribution in [-0.2, 0) is 16.1 Å². The highest BCUT2D eigenvalue weighted by molar-refractivity contribution is 5.94. The minimum atomic E-state index is -1.25. The van der Waals surface area contributed by atoms with Gasteiger partial charge in [-0.25, -0.2) is 4.39 Å². The van der Waals surface area contributed by atoms with Gasteiger partial charge < -0.3 is 25.2 Å². The van der Waals surface area contributed by atoms with E-state index in [1.807, 2.05) is 30.3 Å². The first-order valence-electron chi connectivity index (χ1n) is 9.68. The molecule has 1 heterocycles. The van der Waals surface area contributed by atoms with Crippen LogP contribution in [-0.4, -0.2) is 64.9 Å². The van der Waals surface area contributed by atoms with Crippen LogP contribution in [0.2, 0.25) is 0 Å². The van der Waals surface area contributed by atoms with Gasteiger partial charge in [-0.15, -0.1) is 0 Å². The summed E-state index contributed by atoms with van der Waals surface area (Å²) in [6.07, 6.45) is -4.38. The Bertz CT molecular complexity index is 879. The molecule has 1 saturated heterocycles. The number of halogens is 1. The summed E-state index contributed by atoms with van der Waals surface area (Å²) in [5.41, 5.74) is 1.11. The van der Waals surface area contributed by atoms with E-state index in [1.54, 1.807) is 7.05 Å². The number of carbonyl (C=O) groups excluding carboxylic acids is 2. The molecule has 3 N–H and O–H groups in total. The molecule has 7 nitrogen and oxygen atoms in total. The Balaban J connectivity index is 1.51. The fourth-order valence-electron chi connectivity index (χ4n) is 3.36. The number of rotatable bonds is 7. The summed E-state index contributed by atoms with van der Waals surface area (Å²) >= 11 is 0. The zero-order chi connectivity index (χ0) is 21.7. The van der Waals surface area contributed by atoms with Gasteiger partial charge in [-0.3, -0.25) is 9.59 Å². The number of hydrogen-bond acceptors (Lipinski definition) is 5. The number of amides is 2. The van der Waals surface area contributed by atoms with Crippen molar-refractivity contribution in [2.24, 2.45) is 0 Å². The minimum Gasteiger partial charge on any atom is -0.388 e. The zero-order valence-corrected chi connectivity index (χ0v) is 16.6. The van der Waals surface area contributed by atoms with E-state index in [0.717, 1.165) is 11.6 Å². The number of benzene rings is 2. The highest BCUT2D eigenvalue weighted by atomic mass is 19.1. The summed E-state index contributed by atoms with van der Waals surface area (Å²) in [7, 11) is 1.66. The number of aliphatic hydroxyl groups is 2. The number of nitrogens with zero attached hydrogens (tertiary/aromatic N) is 1. The van der Waals surface area contributed by atoms with E-state index in [0.29, 0.717) is 6.54 Å². The van der Waals surface area contributed by atoms with E-state index in [9.17, 15) is 24.2 Å². The van der Waals surface area contributed by atoms with Crippen molar-refractivity contribution in [1.82, 2.24) is 10.2 Å². The lowest BCUT2D eigenvalue weighted by molar-refractivity contribution is -0.134. The fraction of sp³-hybridized carbons (Fsp3) is 0.364. The van der Waals surface area contributed by atoms with Crippen LogP contribution in [0.5, 0.6) is 0 Å². The van der Waals surface area contributed by atoms with Crippen molar-refractivity contribution < 1.29 is 28.9 Å². The summed E-state index contributed by atoms with van der Waals surface area (Å²) < 4.78 is 18.9. The maximum atomic E-state index is 13.2. The molecule has 0 bridgehead atoms. The summed E-state index contributed by atoms with van der Waals surface area (Å²) in [5, 5.41) is 23.0. The number of hydrogen-bond donors (Lipinski definition) is 3. The first-order valence-corrected chi connectivity index (χ1v) is 9.68.